The maximum Gasteiger partial charge on any atom is 0.212 e. The summed E-state index contributed by atoms with van der Waals surface area (Å²) in [5.41, 5.74) is 3.58. The fourth-order valence-electron chi connectivity index (χ4n) is 2.68. The number of ether oxygens (including phenoxy) is 1. The van der Waals surface area contributed by atoms with E-state index in [1.54, 1.807) is 13.2 Å². The lowest BCUT2D eigenvalue weighted by molar-refractivity contribution is 0.413. The number of hydrogen-bond acceptors (Lipinski definition) is 3. The molecule has 0 bridgehead atoms. The van der Waals surface area contributed by atoms with Gasteiger partial charge in [0.15, 0.2) is 0 Å². The van der Waals surface area contributed by atoms with Gasteiger partial charge >= 0.3 is 0 Å². The molecule has 1 aliphatic rings. The van der Waals surface area contributed by atoms with Crippen LogP contribution >= 0.6 is 0 Å². The summed E-state index contributed by atoms with van der Waals surface area (Å²) in [5.74, 6) is 0.446. The molecule has 2 aromatic rings. The van der Waals surface area contributed by atoms with Gasteiger partial charge in [-0.15, -0.1) is 0 Å². The third kappa shape index (κ3) is 2.74. The molecule has 104 valence electrons. The summed E-state index contributed by atoms with van der Waals surface area (Å²) < 4.78 is 18.1. The van der Waals surface area contributed by atoms with E-state index in [4.69, 9.17) is 4.74 Å². The topological polar surface area (TPSA) is 34.1 Å². The van der Waals surface area contributed by atoms with Crippen LogP contribution in [0.15, 0.2) is 36.5 Å². The maximum absolute atomic E-state index is 12.8. The van der Waals surface area contributed by atoms with Crippen LogP contribution in [0.5, 0.6) is 5.75 Å². The summed E-state index contributed by atoms with van der Waals surface area (Å²) >= 11 is 0. The van der Waals surface area contributed by atoms with Crippen LogP contribution < -0.4 is 10.1 Å². The number of hydrogen-bond donors (Lipinski definition) is 1. The zero-order valence-corrected chi connectivity index (χ0v) is 11.4. The summed E-state index contributed by atoms with van der Waals surface area (Å²) in [4.78, 5) is 3.67. The van der Waals surface area contributed by atoms with E-state index in [1.807, 2.05) is 6.07 Å². The number of methoxy groups -OCH3 is 1. The second kappa shape index (κ2) is 5.49. The molecular formula is C16H17FN2O. The Hall–Kier alpha value is -2.10. The number of anilines is 1. The van der Waals surface area contributed by atoms with Crippen molar-refractivity contribution < 1.29 is 9.13 Å². The van der Waals surface area contributed by atoms with Crippen molar-refractivity contribution in [3.8, 4) is 5.75 Å². The molecule has 3 rings (SSSR count). The Morgan fingerprint density at radius 2 is 2.15 bits per heavy atom. The lowest BCUT2D eigenvalue weighted by atomic mass is 9.88. The molecule has 1 aromatic carbocycles. The van der Waals surface area contributed by atoms with Crippen LogP contribution in [-0.4, -0.2) is 18.1 Å². The van der Waals surface area contributed by atoms with Crippen LogP contribution in [0.4, 0.5) is 10.1 Å². The lowest BCUT2D eigenvalue weighted by Gasteiger charge is -2.26. The summed E-state index contributed by atoms with van der Waals surface area (Å²) in [6.45, 7) is 0. The van der Waals surface area contributed by atoms with Gasteiger partial charge < -0.3 is 10.1 Å². The molecule has 3 nitrogen and oxygen atoms in total. The van der Waals surface area contributed by atoms with Crippen LogP contribution in [0, 0.1) is 5.95 Å². The number of fused-ring (bicyclic) bond motifs is 1. The van der Waals surface area contributed by atoms with Gasteiger partial charge in [-0.3, -0.25) is 0 Å². The third-order valence-electron chi connectivity index (χ3n) is 3.74. The Balaban J connectivity index is 1.73. The molecular weight excluding hydrogens is 255 g/mol. The molecule has 0 aliphatic heterocycles. The minimum absolute atomic E-state index is 0.349. The SMILES string of the molecule is COc1ccc2c(c1)CC(Nc1ccc(F)nc1)CC2. The second-order valence-electron chi connectivity index (χ2n) is 5.09. The van der Waals surface area contributed by atoms with Crippen LogP contribution in [0.25, 0.3) is 0 Å². The second-order valence-corrected chi connectivity index (χ2v) is 5.09. The molecule has 0 saturated carbocycles. The number of aromatic nitrogens is 1. The number of nitrogens with one attached hydrogen (secondary N) is 1. The van der Waals surface area contributed by atoms with Crippen molar-refractivity contribution in [2.24, 2.45) is 0 Å². The molecule has 4 heteroatoms. The van der Waals surface area contributed by atoms with Crippen molar-refractivity contribution in [2.45, 2.75) is 25.3 Å². The highest BCUT2D eigenvalue weighted by Crippen LogP contribution is 2.27. The Labute approximate surface area is 117 Å². The molecule has 0 fully saturated rings. The van der Waals surface area contributed by atoms with Crippen molar-refractivity contribution in [3.05, 3.63) is 53.6 Å². The van der Waals surface area contributed by atoms with Gasteiger partial charge in [-0.2, -0.15) is 4.39 Å². The Kier molecular flexibility index (Phi) is 3.54. The fraction of sp³-hybridized carbons (Fsp3) is 0.312. The van der Waals surface area contributed by atoms with E-state index in [0.717, 1.165) is 30.7 Å². The molecule has 0 amide bonds. The molecule has 0 spiro atoms. The van der Waals surface area contributed by atoms with Crippen LogP contribution in [-0.2, 0) is 12.8 Å². The van der Waals surface area contributed by atoms with Gasteiger partial charge in [0.25, 0.3) is 0 Å². The predicted octanol–water partition coefficient (Wildman–Crippen LogP) is 3.20. The Morgan fingerprint density at radius 1 is 1.25 bits per heavy atom. The number of nitrogens with zero attached hydrogens (tertiary/aromatic N) is 1. The van der Waals surface area contributed by atoms with E-state index in [-0.39, 0.29) is 0 Å². The van der Waals surface area contributed by atoms with Gasteiger partial charge in [-0.25, -0.2) is 4.98 Å². The predicted molar refractivity (Wildman–Crippen MR) is 76.6 cm³/mol. The normalized spacial score (nSPS) is 17.4. The first-order valence-electron chi connectivity index (χ1n) is 6.78. The number of rotatable bonds is 3. The van der Waals surface area contributed by atoms with E-state index >= 15 is 0 Å². The first-order valence-corrected chi connectivity index (χ1v) is 6.78. The molecule has 1 heterocycles. The minimum Gasteiger partial charge on any atom is -0.497 e. The third-order valence-corrected chi connectivity index (χ3v) is 3.74. The van der Waals surface area contributed by atoms with Crippen molar-refractivity contribution >= 4 is 5.69 Å². The zero-order valence-electron chi connectivity index (χ0n) is 11.4. The summed E-state index contributed by atoms with van der Waals surface area (Å²) in [6.07, 6.45) is 4.60. The number of pyridine rings is 1. The van der Waals surface area contributed by atoms with Crippen molar-refractivity contribution in [1.29, 1.82) is 0 Å². The van der Waals surface area contributed by atoms with E-state index in [0.29, 0.717) is 6.04 Å². The zero-order chi connectivity index (χ0) is 13.9. The average Bonchev–Trinajstić information content (AvgIpc) is 2.49. The molecule has 1 atom stereocenters. The van der Waals surface area contributed by atoms with Gasteiger partial charge in [0.2, 0.25) is 5.95 Å². The average molecular weight is 272 g/mol. The van der Waals surface area contributed by atoms with E-state index in [1.165, 1.54) is 23.4 Å². The highest BCUT2D eigenvalue weighted by molar-refractivity contribution is 5.44. The van der Waals surface area contributed by atoms with E-state index in [9.17, 15) is 4.39 Å². The van der Waals surface area contributed by atoms with E-state index < -0.39 is 5.95 Å². The van der Waals surface area contributed by atoms with Gasteiger partial charge in [0.05, 0.1) is 19.0 Å². The highest BCUT2D eigenvalue weighted by Gasteiger charge is 2.19. The van der Waals surface area contributed by atoms with Gasteiger partial charge in [-0.1, -0.05) is 6.07 Å². The van der Waals surface area contributed by atoms with Crippen LogP contribution in [0.1, 0.15) is 17.5 Å². The molecule has 20 heavy (non-hydrogen) atoms. The van der Waals surface area contributed by atoms with Gasteiger partial charge in [0, 0.05) is 6.04 Å². The number of benzene rings is 1. The van der Waals surface area contributed by atoms with Gasteiger partial charge in [-0.05, 0) is 54.7 Å². The molecule has 1 unspecified atom stereocenters. The molecule has 1 aromatic heterocycles. The maximum atomic E-state index is 12.8. The van der Waals surface area contributed by atoms with Crippen LogP contribution in [0.2, 0.25) is 0 Å². The van der Waals surface area contributed by atoms with Crippen LogP contribution in [0.3, 0.4) is 0 Å². The fourth-order valence-corrected chi connectivity index (χ4v) is 2.68. The summed E-state index contributed by atoms with van der Waals surface area (Å²) in [6, 6.07) is 9.71. The Morgan fingerprint density at radius 3 is 2.90 bits per heavy atom. The van der Waals surface area contributed by atoms with E-state index in [2.05, 4.69) is 22.4 Å². The van der Waals surface area contributed by atoms with Gasteiger partial charge in [0.1, 0.15) is 5.75 Å². The lowest BCUT2D eigenvalue weighted by Crippen LogP contribution is -2.27. The summed E-state index contributed by atoms with van der Waals surface area (Å²) in [5, 5.41) is 3.42. The first-order chi connectivity index (χ1) is 9.74. The number of halogens is 1. The van der Waals surface area contributed by atoms with Crippen molar-refractivity contribution in [1.82, 2.24) is 4.98 Å². The largest absolute Gasteiger partial charge is 0.497 e. The van der Waals surface area contributed by atoms with Crippen molar-refractivity contribution in [2.75, 3.05) is 12.4 Å². The van der Waals surface area contributed by atoms with Crippen molar-refractivity contribution in [3.63, 3.8) is 0 Å². The standard InChI is InChI=1S/C16H17FN2O/c1-20-15-6-3-11-2-4-13(8-12(11)9-15)19-14-5-7-16(17)18-10-14/h3,5-7,9-10,13,19H,2,4,8H2,1H3. The molecule has 1 aliphatic carbocycles. The molecule has 0 saturated heterocycles. The quantitative estimate of drug-likeness (QED) is 0.871. The number of aryl methyl sites for hydroxylation is 1. The smallest absolute Gasteiger partial charge is 0.212 e. The summed E-state index contributed by atoms with van der Waals surface area (Å²) in [7, 11) is 1.68. The monoisotopic (exact) mass is 272 g/mol. The Bertz CT molecular complexity index is 598. The minimum atomic E-state index is -0.450. The highest BCUT2D eigenvalue weighted by atomic mass is 19.1. The first kappa shape index (κ1) is 12.9. The molecule has 0 radical (unpaired) electrons. The molecule has 1 N–H and O–H groups in total.